The first kappa shape index (κ1) is 12.9. The summed E-state index contributed by atoms with van der Waals surface area (Å²) in [6.45, 7) is 1.91. The number of hydrogen-bond donors (Lipinski definition) is 1. The second kappa shape index (κ2) is 5.25. The van der Waals surface area contributed by atoms with Crippen molar-refractivity contribution in [3.05, 3.63) is 0 Å². The molecule has 0 aromatic rings. The smallest absolute Gasteiger partial charge is 0.149 e. The van der Waals surface area contributed by atoms with Crippen LogP contribution in [0.1, 0.15) is 12.8 Å². The van der Waals surface area contributed by atoms with E-state index in [-0.39, 0.29) is 18.0 Å². The second-order valence-corrected chi connectivity index (χ2v) is 6.24. The van der Waals surface area contributed by atoms with Crippen LogP contribution in [0.4, 0.5) is 0 Å². The highest BCUT2D eigenvalue weighted by molar-refractivity contribution is 7.90. The molecular weight excluding hydrogens is 218 g/mol. The number of rotatable bonds is 5. The molecule has 6 heteroatoms. The molecular formula is C9H19NO4S. The highest BCUT2D eigenvalue weighted by atomic mass is 32.2. The molecule has 0 aromatic carbocycles. The molecule has 0 spiro atoms. The highest BCUT2D eigenvalue weighted by Crippen LogP contribution is 2.23. The summed E-state index contributed by atoms with van der Waals surface area (Å²) >= 11 is 0. The largest absolute Gasteiger partial charge is 0.381 e. The van der Waals surface area contributed by atoms with Gasteiger partial charge in [-0.25, -0.2) is 8.42 Å². The summed E-state index contributed by atoms with van der Waals surface area (Å²) in [5.41, 5.74) is 5.29. The topological polar surface area (TPSA) is 78.6 Å². The van der Waals surface area contributed by atoms with Gasteiger partial charge in [-0.1, -0.05) is 0 Å². The van der Waals surface area contributed by atoms with E-state index >= 15 is 0 Å². The zero-order chi connectivity index (χ0) is 11.4. The Kier molecular flexibility index (Phi) is 4.51. The molecule has 0 atom stereocenters. The van der Waals surface area contributed by atoms with E-state index in [0.717, 1.165) is 12.8 Å². The van der Waals surface area contributed by atoms with Crippen LogP contribution in [0.15, 0.2) is 0 Å². The van der Waals surface area contributed by atoms with Crippen molar-refractivity contribution in [3.8, 4) is 0 Å². The maximum absolute atomic E-state index is 10.9. The zero-order valence-electron chi connectivity index (χ0n) is 9.07. The lowest BCUT2D eigenvalue weighted by atomic mass is 9.94. The third-order valence-electron chi connectivity index (χ3n) is 2.64. The van der Waals surface area contributed by atoms with Crippen molar-refractivity contribution < 1.29 is 17.9 Å². The van der Waals surface area contributed by atoms with Crippen molar-refractivity contribution >= 4 is 9.84 Å². The summed E-state index contributed by atoms with van der Waals surface area (Å²) in [5, 5.41) is 0. The maximum atomic E-state index is 10.9. The first-order valence-corrected chi connectivity index (χ1v) is 7.13. The van der Waals surface area contributed by atoms with E-state index in [1.165, 1.54) is 6.26 Å². The van der Waals surface area contributed by atoms with Crippen LogP contribution in [0.5, 0.6) is 0 Å². The van der Waals surface area contributed by atoms with Crippen molar-refractivity contribution in [2.75, 3.05) is 38.4 Å². The fraction of sp³-hybridized carbons (Fsp3) is 1.00. The van der Waals surface area contributed by atoms with Gasteiger partial charge in [0.15, 0.2) is 0 Å². The Balaban J connectivity index is 2.39. The standard InChI is InChI=1S/C9H19NO4S/c1-15(11,12)7-6-14-9(8-10)2-4-13-5-3-9/h2-8,10H2,1H3. The minimum Gasteiger partial charge on any atom is -0.381 e. The molecule has 0 bridgehead atoms. The van der Waals surface area contributed by atoms with Crippen LogP contribution in [-0.4, -0.2) is 52.4 Å². The van der Waals surface area contributed by atoms with Crippen molar-refractivity contribution in [2.24, 2.45) is 5.73 Å². The fourth-order valence-corrected chi connectivity index (χ4v) is 1.95. The third-order valence-corrected chi connectivity index (χ3v) is 3.55. The van der Waals surface area contributed by atoms with Gasteiger partial charge >= 0.3 is 0 Å². The average molecular weight is 237 g/mol. The predicted molar refractivity (Wildman–Crippen MR) is 57.5 cm³/mol. The first-order chi connectivity index (χ1) is 6.97. The van der Waals surface area contributed by atoms with Gasteiger partial charge in [-0.3, -0.25) is 0 Å². The molecule has 0 saturated carbocycles. The summed E-state index contributed by atoms with van der Waals surface area (Å²) in [4.78, 5) is 0. The molecule has 2 N–H and O–H groups in total. The quantitative estimate of drug-likeness (QED) is 0.701. The molecule has 1 rings (SSSR count). The Morgan fingerprint density at radius 3 is 2.47 bits per heavy atom. The van der Waals surface area contributed by atoms with Crippen LogP contribution in [0, 0.1) is 0 Å². The molecule has 1 saturated heterocycles. The van der Waals surface area contributed by atoms with Crippen molar-refractivity contribution in [2.45, 2.75) is 18.4 Å². The van der Waals surface area contributed by atoms with Gasteiger partial charge < -0.3 is 15.2 Å². The summed E-state index contributed by atoms with van der Waals surface area (Å²) < 4.78 is 32.7. The van der Waals surface area contributed by atoms with E-state index in [1.54, 1.807) is 0 Å². The van der Waals surface area contributed by atoms with E-state index in [2.05, 4.69) is 0 Å². The minimum absolute atomic E-state index is 0.0512. The van der Waals surface area contributed by atoms with E-state index < -0.39 is 9.84 Å². The zero-order valence-corrected chi connectivity index (χ0v) is 9.88. The summed E-state index contributed by atoms with van der Waals surface area (Å²) in [6, 6.07) is 0. The Hall–Kier alpha value is -0.170. The predicted octanol–water partition coefficient (Wildman–Crippen LogP) is -0.444. The fourth-order valence-electron chi connectivity index (χ4n) is 1.56. The van der Waals surface area contributed by atoms with Gasteiger partial charge in [0, 0.05) is 38.9 Å². The minimum atomic E-state index is -2.96. The first-order valence-electron chi connectivity index (χ1n) is 5.07. The molecule has 90 valence electrons. The molecule has 5 nitrogen and oxygen atoms in total. The molecule has 0 aliphatic carbocycles. The van der Waals surface area contributed by atoms with Gasteiger partial charge in [-0.15, -0.1) is 0 Å². The Morgan fingerprint density at radius 2 is 2.00 bits per heavy atom. The van der Waals surface area contributed by atoms with Crippen LogP contribution in [0.2, 0.25) is 0 Å². The molecule has 1 aliphatic rings. The lowest BCUT2D eigenvalue weighted by Gasteiger charge is -2.35. The Bertz CT molecular complexity index is 282. The van der Waals surface area contributed by atoms with E-state index in [0.29, 0.717) is 19.8 Å². The van der Waals surface area contributed by atoms with Crippen LogP contribution >= 0.6 is 0 Å². The van der Waals surface area contributed by atoms with Gasteiger partial charge in [0.2, 0.25) is 0 Å². The summed E-state index contributed by atoms with van der Waals surface area (Å²) in [7, 11) is -2.96. The van der Waals surface area contributed by atoms with Crippen molar-refractivity contribution in [3.63, 3.8) is 0 Å². The average Bonchev–Trinajstić information content (AvgIpc) is 2.17. The van der Waals surface area contributed by atoms with E-state index in [9.17, 15) is 8.42 Å². The number of sulfone groups is 1. The molecule has 0 aromatic heterocycles. The Morgan fingerprint density at radius 1 is 1.40 bits per heavy atom. The lowest BCUT2D eigenvalue weighted by molar-refractivity contribution is -0.0998. The molecule has 0 unspecified atom stereocenters. The molecule has 0 radical (unpaired) electrons. The van der Waals surface area contributed by atoms with Crippen LogP contribution in [0.25, 0.3) is 0 Å². The van der Waals surface area contributed by atoms with Gasteiger partial charge in [0.25, 0.3) is 0 Å². The number of nitrogens with two attached hydrogens (primary N) is 1. The third kappa shape index (κ3) is 4.46. The van der Waals surface area contributed by atoms with Gasteiger partial charge in [0.05, 0.1) is 18.0 Å². The van der Waals surface area contributed by atoms with Crippen LogP contribution < -0.4 is 5.73 Å². The highest BCUT2D eigenvalue weighted by Gasteiger charge is 2.32. The summed E-state index contributed by atoms with van der Waals surface area (Å²) in [6.07, 6.45) is 2.69. The van der Waals surface area contributed by atoms with E-state index in [1.807, 2.05) is 0 Å². The van der Waals surface area contributed by atoms with Gasteiger partial charge in [0.1, 0.15) is 9.84 Å². The summed E-state index contributed by atoms with van der Waals surface area (Å²) in [5.74, 6) is 0.0512. The van der Waals surface area contributed by atoms with Crippen LogP contribution in [0.3, 0.4) is 0 Å². The molecule has 1 aliphatic heterocycles. The maximum Gasteiger partial charge on any atom is 0.149 e. The molecule has 0 amide bonds. The van der Waals surface area contributed by atoms with Crippen LogP contribution in [-0.2, 0) is 19.3 Å². The normalized spacial score (nSPS) is 21.5. The lowest BCUT2D eigenvalue weighted by Crippen LogP contribution is -2.46. The SMILES string of the molecule is CS(=O)(=O)CCOC1(CN)CCOCC1. The second-order valence-electron chi connectivity index (χ2n) is 3.98. The van der Waals surface area contributed by atoms with E-state index in [4.69, 9.17) is 15.2 Å². The van der Waals surface area contributed by atoms with Gasteiger partial charge in [-0.05, 0) is 0 Å². The van der Waals surface area contributed by atoms with Crippen molar-refractivity contribution in [1.82, 2.24) is 0 Å². The molecule has 1 fully saturated rings. The number of hydrogen-bond acceptors (Lipinski definition) is 5. The van der Waals surface area contributed by atoms with Gasteiger partial charge in [-0.2, -0.15) is 0 Å². The Labute approximate surface area is 90.8 Å². The van der Waals surface area contributed by atoms with Crippen molar-refractivity contribution in [1.29, 1.82) is 0 Å². The molecule has 1 heterocycles. The number of ether oxygens (including phenoxy) is 2. The molecule has 15 heavy (non-hydrogen) atoms. The monoisotopic (exact) mass is 237 g/mol.